The summed E-state index contributed by atoms with van der Waals surface area (Å²) in [6.07, 6.45) is 3.13. The number of sulfonamides is 1. The van der Waals surface area contributed by atoms with Gasteiger partial charge >= 0.3 is 0 Å². The van der Waals surface area contributed by atoms with Crippen molar-refractivity contribution in [1.82, 2.24) is 9.97 Å². The minimum absolute atomic E-state index is 0.0887. The fourth-order valence-electron chi connectivity index (χ4n) is 2.58. The number of halogens is 1. The van der Waals surface area contributed by atoms with Crippen LogP contribution in [0.1, 0.15) is 5.56 Å². The molecule has 0 aliphatic carbocycles. The maximum absolute atomic E-state index is 12.0. The molecule has 0 aliphatic rings. The van der Waals surface area contributed by atoms with Crippen molar-refractivity contribution in [3.05, 3.63) is 59.4 Å². The van der Waals surface area contributed by atoms with Crippen molar-refractivity contribution in [3.63, 3.8) is 0 Å². The van der Waals surface area contributed by atoms with E-state index in [4.69, 9.17) is 26.2 Å². The maximum atomic E-state index is 12.0. The minimum Gasteiger partial charge on any atom is -0.497 e. The molecule has 0 saturated heterocycles. The first-order valence-corrected chi connectivity index (χ1v) is 9.69. The maximum Gasteiger partial charge on any atom is 0.239 e. The molecule has 1 aromatic heterocycles. The van der Waals surface area contributed by atoms with Crippen molar-refractivity contribution in [2.45, 2.75) is 11.8 Å². The fraction of sp³-hybridized carbons (Fsp3) is 0.111. The highest BCUT2D eigenvalue weighted by molar-refractivity contribution is 7.89. The Bertz CT molecular complexity index is 1090. The van der Waals surface area contributed by atoms with Crippen LogP contribution in [-0.4, -0.2) is 25.5 Å². The van der Waals surface area contributed by atoms with Gasteiger partial charge in [0.25, 0.3) is 0 Å². The molecular weight excluding hydrogens is 390 g/mol. The third-order valence-corrected chi connectivity index (χ3v) is 5.28. The molecule has 0 amide bonds. The number of aromatic nitrogens is 2. The summed E-state index contributed by atoms with van der Waals surface area (Å²) < 4.78 is 35.1. The van der Waals surface area contributed by atoms with Gasteiger partial charge in [-0.1, -0.05) is 17.7 Å². The van der Waals surface area contributed by atoms with E-state index in [0.717, 1.165) is 0 Å². The Morgan fingerprint density at radius 1 is 1.07 bits per heavy atom. The Balaban J connectivity index is 2.25. The first-order chi connectivity index (χ1) is 12.8. The van der Waals surface area contributed by atoms with Crippen LogP contribution in [0.2, 0.25) is 5.02 Å². The van der Waals surface area contributed by atoms with Crippen LogP contribution in [0.4, 0.5) is 0 Å². The SMILES string of the molecule is COc1cccc(Oc2c(-c3ncccn3)cc(C)c(S(N)(=O)=O)c2Cl)c1. The van der Waals surface area contributed by atoms with Gasteiger partial charge in [-0.25, -0.2) is 23.5 Å². The lowest BCUT2D eigenvalue weighted by molar-refractivity contribution is 0.409. The number of methoxy groups -OCH3 is 1. The van der Waals surface area contributed by atoms with Gasteiger partial charge in [-0.15, -0.1) is 0 Å². The molecule has 0 bridgehead atoms. The van der Waals surface area contributed by atoms with E-state index in [9.17, 15) is 8.42 Å². The van der Waals surface area contributed by atoms with Gasteiger partial charge in [0.1, 0.15) is 21.4 Å². The fourth-order valence-corrected chi connectivity index (χ4v) is 4.04. The molecule has 0 saturated carbocycles. The summed E-state index contributed by atoms with van der Waals surface area (Å²) >= 11 is 6.41. The van der Waals surface area contributed by atoms with E-state index >= 15 is 0 Å². The van der Waals surface area contributed by atoms with Crippen LogP contribution in [-0.2, 0) is 10.0 Å². The number of nitrogens with zero attached hydrogens (tertiary/aromatic N) is 2. The lowest BCUT2D eigenvalue weighted by Crippen LogP contribution is -2.15. The molecule has 9 heteroatoms. The Kier molecular flexibility index (Phi) is 5.31. The first kappa shape index (κ1) is 19.1. The molecule has 3 rings (SSSR count). The number of primary sulfonamides is 1. The third-order valence-electron chi connectivity index (χ3n) is 3.71. The quantitative estimate of drug-likeness (QED) is 0.695. The van der Waals surface area contributed by atoms with E-state index in [2.05, 4.69) is 9.97 Å². The van der Waals surface area contributed by atoms with Gasteiger partial charge in [-0.3, -0.25) is 0 Å². The molecule has 0 spiro atoms. The topological polar surface area (TPSA) is 104 Å². The average Bonchev–Trinajstić information content (AvgIpc) is 2.63. The van der Waals surface area contributed by atoms with Gasteiger partial charge in [0, 0.05) is 18.5 Å². The number of nitrogens with two attached hydrogens (primary N) is 1. The summed E-state index contributed by atoms with van der Waals surface area (Å²) in [5.74, 6) is 1.39. The van der Waals surface area contributed by atoms with Gasteiger partial charge in [-0.2, -0.15) is 0 Å². The highest BCUT2D eigenvalue weighted by Crippen LogP contribution is 2.43. The average molecular weight is 406 g/mol. The first-order valence-electron chi connectivity index (χ1n) is 7.76. The molecular formula is C18H16ClN3O4S. The molecule has 2 aromatic carbocycles. The lowest BCUT2D eigenvalue weighted by Gasteiger charge is -2.16. The van der Waals surface area contributed by atoms with E-state index in [0.29, 0.717) is 28.5 Å². The predicted octanol–water partition coefficient (Wildman–Crippen LogP) is 3.55. The largest absolute Gasteiger partial charge is 0.497 e. The monoisotopic (exact) mass is 405 g/mol. The molecule has 7 nitrogen and oxygen atoms in total. The summed E-state index contributed by atoms with van der Waals surface area (Å²) in [5.41, 5.74) is 0.802. The zero-order valence-corrected chi connectivity index (χ0v) is 16.1. The summed E-state index contributed by atoms with van der Waals surface area (Å²) in [5, 5.41) is 5.20. The van der Waals surface area contributed by atoms with Gasteiger partial charge in [0.2, 0.25) is 10.0 Å². The number of hydrogen-bond donors (Lipinski definition) is 1. The third kappa shape index (κ3) is 4.02. The second-order valence-electron chi connectivity index (χ2n) is 5.61. The Morgan fingerprint density at radius 3 is 2.37 bits per heavy atom. The summed E-state index contributed by atoms with van der Waals surface area (Å²) in [4.78, 5) is 8.20. The van der Waals surface area contributed by atoms with E-state index in [1.54, 1.807) is 55.7 Å². The molecule has 1 heterocycles. The van der Waals surface area contributed by atoms with Gasteiger partial charge in [0.05, 0.1) is 12.7 Å². The van der Waals surface area contributed by atoms with Crippen LogP contribution < -0.4 is 14.6 Å². The smallest absolute Gasteiger partial charge is 0.239 e. The number of benzene rings is 2. The van der Waals surface area contributed by atoms with Gasteiger partial charge < -0.3 is 9.47 Å². The van der Waals surface area contributed by atoms with E-state index in [1.807, 2.05) is 0 Å². The molecule has 3 aromatic rings. The Labute approximate surface area is 161 Å². The zero-order chi connectivity index (χ0) is 19.6. The number of aryl methyl sites for hydroxylation is 1. The van der Waals surface area contributed by atoms with Crippen LogP contribution in [0.15, 0.2) is 53.7 Å². The number of hydrogen-bond acceptors (Lipinski definition) is 6. The zero-order valence-electron chi connectivity index (χ0n) is 14.5. The van der Waals surface area contributed by atoms with Crippen LogP contribution in [0.5, 0.6) is 17.2 Å². The minimum atomic E-state index is -4.07. The van der Waals surface area contributed by atoms with Crippen molar-refractivity contribution in [2.24, 2.45) is 5.14 Å². The van der Waals surface area contributed by atoms with Crippen LogP contribution in [0.25, 0.3) is 11.4 Å². The summed E-state index contributed by atoms with van der Waals surface area (Å²) in [6, 6.07) is 10.1. The van der Waals surface area contributed by atoms with Crippen molar-refractivity contribution < 1.29 is 17.9 Å². The van der Waals surface area contributed by atoms with Crippen LogP contribution in [0, 0.1) is 6.92 Å². The highest BCUT2D eigenvalue weighted by atomic mass is 35.5. The normalized spacial score (nSPS) is 11.3. The van der Waals surface area contributed by atoms with Gasteiger partial charge in [0.15, 0.2) is 11.6 Å². The number of ether oxygens (including phenoxy) is 2. The molecule has 0 aliphatic heterocycles. The number of rotatable bonds is 5. The second-order valence-corrected chi connectivity index (χ2v) is 7.49. The second kappa shape index (κ2) is 7.51. The molecule has 0 unspecified atom stereocenters. The lowest BCUT2D eigenvalue weighted by atomic mass is 10.1. The highest BCUT2D eigenvalue weighted by Gasteiger charge is 2.25. The molecule has 2 N–H and O–H groups in total. The molecule has 0 radical (unpaired) electrons. The summed E-state index contributed by atoms with van der Waals surface area (Å²) in [6.45, 7) is 1.59. The molecule has 27 heavy (non-hydrogen) atoms. The standard InChI is InChI=1S/C18H16ClN3O4S/c1-11-9-14(18-21-7-4-8-22-18)16(15(19)17(11)27(20,23)24)26-13-6-3-5-12(10-13)25-2/h3-10H,1-2H3,(H2,20,23,24). The van der Waals surface area contributed by atoms with Crippen LogP contribution in [0.3, 0.4) is 0 Å². The predicted molar refractivity (Wildman–Crippen MR) is 102 cm³/mol. The van der Waals surface area contributed by atoms with Crippen molar-refractivity contribution in [3.8, 4) is 28.6 Å². The van der Waals surface area contributed by atoms with E-state index < -0.39 is 10.0 Å². The Hall–Kier alpha value is -2.68. The Morgan fingerprint density at radius 2 is 1.74 bits per heavy atom. The summed E-state index contributed by atoms with van der Waals surface area (Å²) in [7, 11) is -2.54. The molecule has 140 valence electrons. The van der Waals surface area contributed by atoms with Crippen molar-refractivity contribution in [2.75, 3.05) is 7.11 Å². The molecule has 0 fully saturated rings. The van der Waals surface area contributed by atoms with Crippen LogP contribution >= 0.6 is 11.6 Å². The van der Waals surface area contributed by atoms with E-state index in [1.165, 1.54) is 7.11 Å². The van der Waals surface area contributed by atoms with Crippen molar-refractivity contribution in [1.29, 1.82) is 0 Å². The molecule has 0 atom stereocenters. The van der Waals surface area contributed by atoms with Crippen molar-refractivity contribution >= 4 is 21.6 Å². The van der Waals surface area contributed by atoms with E-state index in [-0.39, 0.29) is 15.7 Å². The van der Waals surface area contributed by atoms with Gasteiger partial charge in [-0.05, 0) is 36.8 Å².